The summed E-state index contributed by atoms with van der Waals surface area (Å²) in [6.07, 6.45) is 6.64. The molecule has 0 amide bonds. The molecular weight excluding hydrogens is 324 g/mol. The largest absolute Gasteiger partial charge is 0.333 e. The number of hydrogen-bond acceptors (Lipinski definition) is 4. The lowest BCUT2D eigenvalue weighted by molar-refractivity contribution is 0.242. The van der Waals surface area contributed by atoms with Crippen molar-refractivity contribution in [3.05, 3.63) is 12.0 Å². The lowest BCUT2D eigenvalue weighted by Crippen LogP contribution is -2.45. The third-order valence-electron chi connectivity index (χ3n) is 4.65. The molecule has 0 aromatic carbocycles. The van der Waals surface area contributed by atoms with Gasteiger partial charge in [0.1, 0.15) is 5.82 Å². The van der Waals surface area contributed by atoms with Crippen LogP contribution in [-0.4, -0.2) is 41.4 Å². The molecule has 1 aromatic heterocycles. The second-order valence-corrected chi connectivity index (χ2v) is 8.16. The average Bonchev–Trinajstić information content (AvgIpc) is 2.92. The van der Waals surface area contributed by atoms with Crippen molar-refractivity contribution in [2.24, 2.45) is 11.7 Å². The third kappa shape index (κ3) is 3.32. The Morgan fingerprint density at radius 2 is 2.09 bits per heavy atom. The summed E-state index contributed by atoms with van der Waals surface area (Å²) >= 11 is 0. The standard InChI is InChI=1S/C14H24N4O2S.ClH/c1-11(15)12-5-4-8-18(9-12)21(19,20)14-10-17-7-3-2-6-13(17)16-14;/h10-12H,2-9,15H2,1H3;1H. The Bertz CT molecular complexity index is 591. The van der Waals surface area contributed by atoms with Crippen LogP contribution in [0.5, 0.6) is 0 Å². The molecule has 2 aliphatic rings. The molecule has 0 radical (unpaired) electrons. The maximum absolute atomic E-state index is 12.8. The van der Waals surface area contributed by atoms with E-state index in [4.69, 9.17) is 5.73 Å². The first-order valence-corrected chi connectivity index (χ1v) is 9.24. The van der Waals surface area contributed by atoms with Crippen LogP contribution < -0.4 is 5.73 Å². The lowest BCUT2D eigenvalue weighted by atomic mass is 9.93. The molecule has 0 aliphatic carbocycles. The molecule has 2 aliphatic heterocycles. The van der Waals surface area contributed by atoms with Crippen LogP contribution >= 0.6 is 12.4 Å². The molecule has 8 heteroatoms. The van der Waals surface area contributed by atoms with E-state index in [-0.39, 0.29) is 29.4 Å². The van der Waals surface area contributed by atoms with E-state index in [0.717, 1.165) is 44.5 Å². The number of rotatable bonds is 3. The summed E-state index contributed by atoms with van der Waals surface area (Å²) < 4.78 is 29.1. The van der Waals surface area contributed by atoms with Gasteiger partial charge in [0.15, 0.2) is 5.03 Å². The summed E-state index contributed by atoms with van der Waals surface area (Å²) in [5.41, 5.74) is 5.95. The number of fused-ring (bicyclic) bond motifs is 1. The van der Waals surface area contributed by atoms with Crippen LogP contribution in [0.3, 0.4) is 0 Å². The molecule has 22 heavy (non-hydrogen) atoms. The highest BCUT2D eigenvalue weighted by atomic mass is 35.5. The molecule has 0 bridgehead atoms. The van der Waals surface area contributed by atoms with Crippen LogP contribution in [0, 0.1) is 5.92 Å². The van der Waals surface area contributed by atoms with Gasteiger partial charge in [0.05, 0.1) is 0 Å². The van der Waals surface area contributed by atoms with Gasteiger partial charge in [-0.1, -0.05) is 0 Å². The summed E-state index contributed by atoms with van der Waals surface area (Å²) in [5, 5.41) is 0.213. The highest BCUT2D eigenvalue weighted by Gasteiger charge is 2.33. The smallest absolute Gasteiger partial charge is 0.262 e. The van der Waals surface area contributed by atoms with Crippen LogP contribution in [0.25, 0.3) is 0 Å². The minimum atomic E-state index is -3.48. The van der Waals surface area contributed by atoms with E-state index in [0.29, 0.717) is 13.1 Å². The van der Waals surface area contributed by atoms with Gasteiger partial charge in [-0.15, -0.1) is 12.4 Å². The van der Waals surface area contributed by atoms with Gasteiger partial charge < -0.3 is 10.3 Å². The number of hydrogen-bond donors (Lipinski definition) is 1. The second kappa shape index (κ2) is 6.86. The zero-order chi connectivity index (χ0) is 15.0. The van der Waals surface area contributed by atoms with Gasteiger partial charge in [0.25, 0.3) is 10.0 Å². The number of nitrogens with two attached hydrogens (primary N) is 1. The Balaban J connectivity index is 0.00000176. The van der Waals surface area contributed by atoms with Gasteiger partial charge in [-0.3, -0.25) is 0 Å². The fourth-order valence-electron chi connectivity index (χ4n) is 3.26. The van der Waals surface area contributed by atoms with Crippen molar-refractivity contribution in [2.75, 3.05) is 13.1 Å². The second-order valence-electron chi connectivity index (χ2n) is 6.27. The predicted octanol–water partition coefficient (Wildman–Crippen LogP) is 1.39. The van der Waals surface area contributed by atoms with Gasteiger partial charge in [0.2, 0.25) is 0 Å². The van der Waals surface area contributed by atoms with E-state index in [1.807, 2.05) is 11.5 Å². The lowest BCUT2D eigenvalue weighted by Gasteiger charge is -2.33. The Labute approximate surface area is 138 Å². The molecule has 2 N–H and O–H groups in total. The van der Waals surface area contributed by atoms with Crippen LogP contribution in [0.2, 0.25) is 0 Å². The Morgan fingerprint density at radius 3 is 2.77 bits per heavy atom. The monoisotopic (exact) mass is 348 g/mol. The first-order chi connectivity index (χ1) is 9.98. The number of imidazole rings is 1. The Kier molecular flexibility index (Phi) is 5.53. The van der Waals surface area contributed by atoms with Crippen LogP contribution in [0.1, 0.15) is 38.4 Å². The van der Waals surface area contributed by atoms with Gasteiger partial charge in [-0.05, 0) is 38.5 Å². The Hall–Kier alpha value is -0.630. The molecule has 1 aromatic rings. The molecule has 2 atom stereocenters. The van der Waals surface area contributed by atoms with Crippen molar-refractivity contribution in [3.63, 3.8) is 0 Å². The molecule has 0 saturated carbocycles. The highest BCUT2D eigenvalue weighted by Crippen LogP contribution is 2.26. The molecule has 1 saturated heterocycles. The predicted molar refractivity (Wildman–Crippen MR) is 87.5 cm³/mol. The fraction of sp³-hybridized carbons (Fsp3) is 0.786. The maximum Gasteiger partial charge on any atom is 0.262 e. The molecule has 3 rings (SSSR count). The van der Waals surface area contributed by atoms with E-state index >= 15 is 0 Å². The molecule has 2 unspecified atom stereocenters. The topological polar surface area (TPSA) is 81.2 Å². The first kappa shape index (κ1) is 17.7. The van der Waals surface area contributed by atoms with Gasteiger partial charge in [-0.2, -0.15) is 4.31 Å². The number of piperidine rings is 1. The molecule has 0 spiro atoms. The van der Waals surface area contributed by atoms with E-state index in [1.165, 1.54) is 0 Å². The SMILES string of the molecule is CC(N)C1CCCN(S(=O)(=O)c2cn3c(n2)CCCC3)C1.Cl. The van der Waals surface area contributed by atoms with Crippen molar-refractivity contribution in [1.82, 2.24) is 13.9 Å². The van der Waals surface area contributed by atoms with Gasteiger partial charge >= 0.3 is 0 Å². The maximum atomic E-state index is 12.8. The summed E-state index contributed by atoms with van der Waals surface area (Å²) in [4.78, 5) is 4.37. The molecule has 6 nitrogen and oxygen atoms in total. The van der Waals surface area contributed by atoms with Crippen LogP contribution in [0.15, 0.2) is 11.2 Å². The number of sulfonamides is 1. The number of aromatic nitrogens is 2. The summed E-state index contributed by atoms with van der Waals surface area (Å²) in [7, 11) is -3.48. The summed E-state index contributed by atoms with van der Waals surface area (Å²) in [6, 6.07) is 0.0261. The fourth-order valence-corrected chi connectivity index (χ4v) is 4.77. The van der Waals surface area contributed by atoms with Gasteiger partial charge in [0, 0.05) is 38.3 Å². The van der Waals surface area contributed by atoms with Crippen molar-refractivity contribution in [2.45, 2.75) is 56.6 Å². The zero-order valence-electron chi connectivity index (χ0n) is 12.9. The van der Waals surface area contributed by atoms with E-state index in [1.54, 1.807) is 10.5 Å². The molecular formula is C14H25ClN4O2S. The quantitative estimate of drug-likeness (QED) is 0.895. The highest BCUT2D eigenvalue weighted by molar-refractivity contribution is 7.89. The van der Waals surface area contributed by atoms with Crippen LogP contribution in [0.4, 0.5) is 0 Å². The van der Waals surface area contributed by atoms with Crippen molar-refractivity contribution in [1.29, 1.82) is 0 Å². The summed E-state index contributed by atoms with van der Waals surface area (Å²) in [5.74, 6) is 1.14. The van der Waals surface area contributed by atoms with E-state index in [9.17, 15) is 8.42 Å². The van der Waals surface area contributed by atoms with Gasteiger partial charge in [-0.25, -0.2) is 13.4 Å². The average molecular weight is 349 g/mol. The molecule has 1 fully saturated rings. The zero-order valence-corrected chi connectivity index (χ0v) is 14.6. The Morgan fingerprint density at radius 1 is 1.32 bits per heavy atom. The minimum absolute atomic E-state index is 0. The van der Waals surface area contributed by atoms with Crippen molar-refractivity contribution in [3.8, 4) is 0 Å². The van der Waals surface area contributed by atoms with Crippen molar-refractivity contribution < 1.29 is 8.42 Å². The number of halogens is 1. The summed E-state index contributed by atoms with van der Waals surface area (Å²) in [6.45, 7) is 3.92. The van der Waals surface area contributed by atoms with E-state index in [2.05, 4.69) is 4.98 Å². The third-order valence-corrected chi connectivity index (χ3v) is 6.39. The number of aryl methyl sites for hydroxylation is 2. The molecule has 3 heterocycles. The van der Waals surface area contributed by atoms with E-state index < -0.39 is 10.0 Å². The normalized spacial score (nSPS) is 24.4. The molecule has 126 valence electrons. The minimum Gasteiger partial charge on any atom is -0.333 e. The first-order valence-electron chi connectivity index (χ1n) is 7.80. The van der Waals surface area contributed by atoms with Crippen LogP contribution in [-0.2, 0) is 23.0 Å². The van der Waals surface area contributed by atoms with Crippen molar-refractivity contribution >= 4 is 22.4 Å². The number of nitrogens with zero attached hydrogens (tertiary/aromatic N) is 3.